The summed E-state index contributed by atoms with van der Waals surface area (Å²) in [4.78, 5) is 34.6. The first-order valence-electron chi connectivity index (χ1n) is 8.53. The molecule has 0 heterocycles. The molecule has 2 aromatic rings. The van der Waals surface area contributed by atoms with Crippen LogP contribution in [-0.2, 0) is 24.3 Å². The lowest BCUT2D eigenvalue weighted by molar-refractivity contribution is -0.123. The number of hydrogen-bond acceptors (Lipinski definition) is 7. The van der Waals surface area contributed by atoms with E-state index in [0.29, 0.717) is 5.69 Å². The van der Waals surface area contributed by atoms with Crippen LogP contribution in [0.1, 0.15) is 17.3 Å². The molecule has 0 aliphatic rings. The van der Waals surface area contributed by atoms with E-state index in [1.807, 2.05) is 5.32 Å². The Morgan fingerprint density at radius 2 is 1.59 bits per heavy atom. The second-order valence-corrected chi connectivity index (χ2v) is 7.65. The van der Waals surface area contributed by atoms with E-state index in [2.05, 4.69) is 4.74 Å². The number of anilines is 1. The van der Waals surface area contributed by atoms with Crippen molar-refractivity contribution in [2.75, 3.05) is 24.6 Å². The third kappa shape index (κ3) is 5.79. The Kier molecular flexibility index (Phi) is 7.32. The summed E-state index contributed by atoms with van der Waals surface area (Å²) < 4.78 is 35.8. The highest BCUT2D eigenvalue weighted by Gasteiger charge is 2.22. The molecule has 2 amide bonds. The first kappa shape index (κ1) is 21.9. The van der Waals surface area contributed by atoms with Crippen LogP contribution in [0.25, 0.3) is 0 Å². The van der Waals surface area contributed by atoms with E-state index in [9.17, 15) is 22.8 Å². The molecule has 9 nitrogen and oxygen atoms in total. The fraction of sp³-hybridized carbons (Fsp3) is 0.211. The number of esters is 1. The van der Waals surface area contributed by atoms with Gasteiger partial charge in [-0.2, -0.15) is 0 Å². The smallest absolute Gasteiger partial charge is 0.413 e. The van der Waals surface area contributed by atoms with Crippen LogP contribution in [0.4, 0.5) is 10.5 Å². The SMILES string of the molecule is CCOC(=O)NC(=O)COC(=O)c1ccc(S(=O)(=O)N(C)c2ccccc2)cc1. The zero-order valence-electron chi connectivity index (χ0n) is 15.8. The summed E-state index contributed by atoms with van der Waals surface area (Å²) in [7, 11) is -2.39. The summed E-state index contributed by atoms with van der Waals surface area (Å²) in [5.74, 6) is -1.69. The molecule has 0 unspecified atom stereocenters. The van der Waals surface area contributed by atoms with Crippen LogP contribution >= 0.6 is 0 Å². The van der Waals surface area contributed by atoms with Crippen molar-refractivity contribution < 1.29 is 32.3 Å². The van der Waals surface area contributed by atoms with E-state index in [-0.39, 0.29) is 17.1 Å². The van der Waals surface area contributed by atoms with E-state index < -0.39 is 34.6 Å². The van der Waals surface area contributed by atoms with Crippen LogP contribution in [0.3, 0.4) is 0 Å². The molecule has 0 aromatic heterocycles. The van der Waals surface area contributed by atoms with Crippen molar-refractivity contribution in [2.45, 2.75) is 11.8 Å². The van der Waals surface area contributed by atoms with Crippen LogP contribution < -0.4 is 9.62 Å². The molecule has 0 radical (unpaired) electrons. The maximum Gasteiger partial charge on any atom is 0.413 e. The molecule has 0 spiro atoms. The molecule has 0 fully saturated rings. The molecule has 0 bridgehead atoms. The zero-order valence-corrected chi connectivity index (χ0v) is 16.6. The van der Waals surface area contributed by atoms with Crippen LogP contribution in [0.5, 0.6) is 0 Å². The van der Waals surface area contributed by atoms with Gasteiger partial charge in [0.05, 0.1) is 22.8 Å². The molecular weight excluding hydrogens is 400 g/mol. The second-order valence-electron chi connectivity index (χ2n) is 5.68. The van der Waals surface area contributed by atoms with Crippen LogP contribution in [0.2, 0.25) is 0 Å². The van der Waals surface area contributed by atoms with Gasteiger partial charge in [0, 0.05) is 7.05 Å². The Morgan fingerprint density at radius 3 is 2.17 bits per heavy atom. The second kappa shape index (κ2) is 9.69. The number of alkyl carbamates (subject to hydrolysis) is 1. The molecule has 1 N–H and O–H groups in total. The minimum atomic E-state index is -3.81. The summed E-state index contributed by atoms with van der Waals surface area (Å²) >= 11 is 0. The van der Waals surface area contributed by atoms with Crippen molar-refractivity contribution in [1.29, 1.82) is 0 Å². The molecule has 0 atom stereocenters. The molecule has 0 saturated heterocycles. The van der Waals surface area contributed by atoms with Gasteiger partial charge in [-0.15, -0.1) is 0 Å². The number of hydrogen-bond donors (Lipinski definition) is 1. The van der Waals surface area contributed by atoms with Gasteiger partial charge in [-0.1, -0.05) is 18.2 Å². The number of nitrogens with zero attached hydrogens (tertiary/aromatic N) is 1. The zero-order chi connectivity index (χ0) is 21.4. The Labute approximate surface area is 168 Å². The normalized spacial score (nSPS) is 10.7. The third-order valence-electron chi connectivity index (χ3n) is 3.72. The Hall–Kier alpha value is -3.40. The third-order valence-corrected chi connectivity index (χ3v) is 5.52. The number of carbonyl (C=O) groups excluding carboxylic acids is 3. The molecule has 29 heavy (non-hydrogen) atoms. The number of para-hydroxylation sites is 1. The van der Waals surface area contributed by atoms with Crippen LogP contribution in [0, 0.1) is 0 Å². The van der Waals surface area contributed by atoms with Gasteiger partial charge in [-0.05, 0) is 43.3 Å². The number of rotatable bonds is 7. The highest BCUT2D eigenvalue weighted by atomic mass is 32.2. The van der Waals surface area contributed by atoms with Gasteiger partial charge in [-0.3, -0.25) is 14.4 Å². The molecule has 2 rings (SSSR count). The first-order valence-corrected chi connectivity index (χ1v) is 9.97. The van der Waals surface area contributed by atoms with Crippen LogP contribution in [-0.4, -0.2) is 46.6 Å². The largest absolute Gasteiger partial charge is 0.452 e. The van der Waals surface area contributed by atoms with E-state index in [1.54, 1.807) is 37.3 Å². The lowest BCUT2D eigenvalue weighted by atomic mass is 10.2. The highest BCUT2D eigenvalue weighted by molar-refractivity contribution is 7.92. The average molecular weight is 420 g/mol. The summed E-state index contributed by atoms with van der Waals surface area (Å²) in [5, 5.41) is 1.88. The lowest BCUT2D eigenvalue weighted by Gasteiger charge is -2.19. The van der Waals surface area contributed by atoms with Crippen molar-refractivity contribution >= 4 is 33.7 Å². The van der Waals surface area contributed by atoms with Crippen molar-refractivity contribution in [3.8, 4) is 0 Å². The number of ether oxygens (including phenoxy) is 2. The number of sulfonamides is 1. The van der Waals surface area contributed by atoms with Crippen molar-refractivity contribution in [3.63, 3.8) is 0 Å². The van der Waals surface area contributed by atoms with Gasteiger partial charge in [0.1, 0.15) is 0 Å². The van der Waals surface area contributed by atoms with Crippen LogP contribution in [0.15, 0.2) is 59.5 Å². The minimum Gasteiger partial charge on any atom is -0.452 e. The van der Waals surface area contributed by atoms with Gasteiger partial charge in [0.2, 0.25) is 0 Å². The van der Waals surface area contributed by atoms with Gasteiger partial charge in [-0.25, -0.2) is 18.0 Å². The van der Waals surface area contributed by atoms with E-state index in [4.69, 9.17) is 4.74 Å². The van der Waals surface area contributed by atoms with Crippen molar-refractivity contribution in [1.82, 2.24) is 5.32 Å². The number of imide groups is 1. The van der Waals surface area contributed by atoms with Gasteiger partial charge in [0.25, 0.3) is 15.9 Å². The maximum atomic E-state index is 12.7. The van der Waals surface area contributed by atoms with Gasteiger partial charge >= 0.3 is 12.1 Å². The molecule has 2 aromatic carbocycles. The van der Waals surface area contributed by atoms with E-state index in [0.717, 1.165) is 4.31 Å². The fourth-order valence-electron chi connectivity index (χ4n) is 2.23. The summed E-state index contributed by atoms with van der Waals surface area (Å²) in [6, 6.07) is 13.6. The number of nitrogens with one attached hydrogen (secondary N) is 1. The quantitative estimate of drug-likeness (QED) is 0.680. The fourth-order valence-corrected chi connectivity index (χ4v) is 3.42. The number of carbonyl (C=O) groups is 3. The minimum absolute atomic E-state index is 0.0135. The summed E-state index contributed by atoms with van der Waals surface area (Å²) in [5.41, 5.74) is 0.541. The molecule has 0 aliphatic heterocycles. The molecular formula is C19H20N2O7S. The van der Waals surface area contributed by atoms with E-state index in [1.165, 1.54) is 31.3 Å². The molecule has 154 valence electrons. The Bertz CT molecular complexity index is 973. The lowest BCUT2D eigenvalue weighted by Crippen LogP contribution is -2.34. The highest BCUT2D eigenvalue weighted by Crippen LogP contribution is 2.22. The summed E-state index contributed by atoms with van der Waals surface area (Å²) in [6.07, 6.45) is -0.939. The standard InChI is InChI=1S/C19H20N2O7S/c1-3-27-19(24)20-17(22)13-28-18(23)14-9-11-16(12-10-14)29(25,26)21(2)15-7-5-4-6-8-15/h4-12H,3,13H2,1-2H3,(H,20,22,24). The number of benzene rings is 2. The van der Waals surface area contributed by atoms with Gasteiger partial charge in [0.15, 0.2) is 6.61 Å². The average Bonchev–Trinajstić information content (AvgIpc) is 2.72. The van der Waals surface area contributed by atoms with Crippen molar-refractivity contribution in [3.05, 3.63) is 60.2 Å². The van der Waals surface area contributed by atoms with E-state index >= 15 is 0 Å². The Balaban J connectivity index is 2.01. The van der Waals surface area contributed by atoms with Gasteiger partial charge < -0.3 is 9.47 Å². The molecule has 0 saturated carbocycles. The molecule has 10 heteroatoms. The monoisotopic (exact) mass is 420 g/mol. The number of amides is 2. The first-order chi connectivity index (χ1) is 13.8. The maximum absolute atomic E-state index is 12.7. The Morgan fingerprint density at radius 1 is 0.966 bits per heavy atom. The summed E-state index contributed by atoms with van der Waals surface area (Å²) in [6.45, 7) is 0.980. The predicted octanol–water partition coefficient (Wildman–Crippen LogP) is 1.94. The van der Waals surface area contributed by atoms with Crippen molar-refractivity contribution in [2.24, 2.45) is 0 Å². The predicted molar refractivity (Wildman–Crippen MR) is 104 cm³/mol. The topological polar surface area (TPSA) is 119 Å². The molecule has 0 aliphatic carbocycles.